The van der Waals surface area contributed by atoms with Crippen LogP contribution in [0.25, 0.3) is 11.0 Å². The molecule has 2 N–H and O–H groups in total. The summed E-state index contributed by atoms with van der Waals surface area (Å²) in [5, 5.41) is 3.26. The van der Waals surface area contributed by atoms with Gasteiger partial charge in [-0.3, -0.25) is 0 Å². The summed E-state index contributed by atoms with van der Waals surface area (Å²) in [6.07, 6.45) is 0.800. The van der Waals surface area contributed by atoms with Gasteiger partial charge in [-0.25, -0.2) is 9.37 Å². The Morgan fingerprint density at radius 3 is 3.18 bits per heavy atom. The molecule has 4 nitrogen and oxygen atoms in total. The molecule has 1 fully saturated rings. The van der Waals surface area contributed by atoms with Crippen LogP contribution in [0.1, 0.15) is 5.82 Å². The second-order valence-electron chi connectivity index (χ2n) is 4.22. The summed E-state index contributed by atoms with van der Waals surface area (Å²) in [6, 6.07) is 4.93. The molecule has 0 saturated carbocycles. The summed E-state index contributed by atoms with van der Waals surface area (Å²) in [7, 11) is 0. The number of imidazole rings is 1. The highest BCUT2D eigenvalue weighted by Gasteiger charge is 2.16. The Hall–Kier alpha value is -1.46. The Balaban J connectivity index is 1.83. The number of rotatable bonds is 2. The second-order valence-corrected chi connectivity index (χ2v) is 4.22. The van der Waals surface area contributed by atoms with Crippen LogP contribution < -0.4 is 5.32 Å². The van der Waals surface area contributed by atoms with E-state index in [0.29, 0.717) is 11.9 Å². The van der Waals surface area contributed by atoms with Crippen LogP contribution in [0, 0.1) is 5.82 Å². The van der Waals surface area contributed by atoms with E-state index in [1.54, 1.807) is 6.07 Å². The Morgan fingerprint density at radius 2 is 2.41 bits per heavy atom. The van der Waals surface area contributed by atoms with Crippen molar-refractivity contribution in [3.8, 4) is 0 Å². The highest BCUT2D eigenvalue weighted by atomic mass is 19.1. The molecule has 17 heavy (non-hydrogen) atoms. The third-order valence-electron chi connectivity index (χ3n) is 2.94. The van der Waals surface area contributed by atoms with Crippen molar-refractivity contribution in [2.24, 2.45) is 0 Å². The molecular weight excluding hydrogens is 221 g/mol. The minimum absolute atomic E-state index is 0.118. The molecule has 90 valence electrons. The first kappa shape index (κ1) is 10.7. The number of halogens is 1. The number of morpholine rings is 1. The number of para-hydroxylation sites is 1. The van der Waals surface area contributed by atoms with Crippen molar-refractivity contribution in [1.82, 2.24) is 15.3 Å². The van der Waals surface area contributed by atoms with Gasteiger partial charge in [-0.2, -0.15) is 0 Å². The fourth-order valence-electron chi connectivity index (χ4n) is 2.11. The molecule has 1 saturated heterocycles. The number of ether oxygens (including phenoxy) is 1. The Morgan fingerprint density at radius 1 is 1.47 bits per heavy atom. The number of nitrogens with one attached hydrogen (secondary N) is 2. The number of H-pyrrole nitrogens is 1. The summed E-state index contributed by atoms with van der Waals surface area (Å²) in [4.78, 5) is 7.39. The predicted molar refractivity (Wildman–Crippen MR) is 62.4 cm³/mol. The first-order valence-corrected chi connectivity index (χ1v) is 5.78. The minimum atomic E-state index is -0.285. The maximum atomic E-state index is 13.5. The molecule has 2 aromatic rings. The number of hydrogen-bond acceptors (Lipinski definition) is 3. The van der Waals surface area contributed by atoms with Crippen LogP contribution in [-0.4, -0.2) is 35.8 Å². The first-order valence-electron chi connectivity index (χ1n) is 5.78. The SMILES string of the molecule is Fc1cccc2[nH]c(CC3CNCCO3)nc12. The Kier molecular flexibility index (Phi) is 2.78. The number of fused-ring (bicyclic) bond motifs is 1. The van der Waals surface area contributed by atoms with Crippen molar-refractivity contribution >= 4 is 11.0 Å². The molecule has 0 radical (unpaired) electrons. The van der Waals surface area contributed by atoms with Crippen LogP contribution in [-0.2, 0) is 11.2 Å². The zero-order valence-corrected chi connectivity index (χ0v) is 9.37. The number of nitrogens with zero attached hydrogens (tertiary/aromatic N) is 1. The second kappa shape index (κ2) is 4.43. The van der Waals surface area contributed by atoms with Crippen molar-refractivity contribution in [3.05, 3.63) is 29.8 Å². The molecule has 1 aliphatic rings. The van der Waals surface area contributed by atoms with E-state index in [1.807, 2.05) is 6.07 Å². The van der Waals surface area contributed by atoms with E-state index in [4.69, 9.17) is 4.74 Å². The summed E-state index contributed by atoms with van der Waals surface area (Å²) in [5.41, 5.74) is 1.15. The van der Waals surface area contributed by atoms with Crippen LogP contribution >= 0.6 is 0 Å². The summed E-state index contributed by atoms with van der Waals surface area (Å²) >= 11 is 0. The van der Waals surface area contributed by atoms with Crippen LogP contribution in [0.15, 0.2) is 18.2 Å². The highest BCUT2D eigenvalue weighted by Crippen LogP contribution is 2.16. The number of aromatic amines is 1. The van der Waals surface area contributed by atoms with Gasteiger partial charge in [-0.05, 0) is 12.1 Å². The molecular formula is C12H14FN3O. The van der Waals surface area contributed by atoms with E-state index in [0.717, 1.165) is 31.0 Å². The largest absolute Gasteiger partial charge is 0.375 e. The quantitative estimate of drug-likeness (QED) is 0.823. The lowest BCUT2D eigenvalue weighted by atomic mass is 10.2. The van der Waals surface area contributed by atoms with Crippen LogP contribution in [0.2, 0.25) is 0 Å². The maximum Gasteiger partial charge on any atom is 0.151 e. The molecule has 0 amide bonds. The van der Waals surface area contributed by atoms with E-state index >= 15 is 0 Å². The molecule has 1 aliphatic heterocycles. The van der Waals surface area contributed by atoms with Crippen molar-refractivity contribution in [2.75, 3.05) is 19.7 Å². The molecule has 3 rings (SSSR count). The lowest BCUT2D eigenvalue weighted by Crippen LogP contribution is -2.39. The fraction of sp³-hybridized carbons (Fsp3) is 0.417. The minimum Gasteiger partial charge on any atom is -0.375 e. The normalized spacial score (nSPS) is 20.9. The summed E-state index contributed by atoms with van der Waals surface area (Å²) in [6.45, 7) is 2.43. The van der Waals surface area contributed by atoms with Crippen molar-refractivity contribution < 1.29 is 9.13 Å². The Labute approximate surface area is 98.2 Å². The number of aromatic nitrogens is 2. The van der Waals surface area contributed by atoms with E-state index in [2.05, 4.69) is 15.3 Å². The van der Waals surface area contributed by atoms with Gasteiger partial charge in [0.05, 0.1) is 18.2 Å². The molecule has 1 unspecified atom stereocenters. The van der Waals surface area contributed by atoms with E-state index in [-0.39, 0.29) is 11.9 Å². The van der Waals surface area contributed by atoms with Crippen molar-refractivity contribution in [3.63, 3.8) is 0 Å². The standard InChI is InChI=1S/C12H14FN3O/c13-9-2-1-3-10-12(9)16-11(15-10)6-8-7-14-4-5-17-8/h1-3,8,14H,4-7H2,(H,15,16). The van der Waals surface area contributed by atoms with Gasteiger partial charge in [-0.1, -0.05) is 6.07 Å². The molecule has 1 aromatic heterocycles. The Bertz CT molecular complexity index is 519. The average molecular weight is 235 g/mol. The van der Waals surface area contributed by atoms with Gasteiger partial charge in [0.15, 0.2) is 5.82 Å². The van der Waals surface area contributed by atoms with Gasteiger partial charge in [-0.15, -0.1) is 0 Å². The van der Waals surface area contributed by atoms with Crippen LogP contribution in [0.5, 0.6) is 0 Å². The van der Waals surface area contributed by atoms with Crippen LogP contribution in [0.4, 0.5) is 4.39 Å². The fourth-order valence-corrected chi connectivity index (χ4v) is 2.11. The third-order valence-corrected chi connectivity index (χ3v) is 2.94. The lowest BCUT2D eigenvalue weighted by Gasteiger charge is -2.22. The van der Waals surface area contributed by atoms with Crippen molar-refractivity contribution in [1.29, 1.82) is 0 Å². The van der Waals surface area contributed by atoms with Gasteiger partial charge in [0.25, 0.3) is 0 Å². The predicted octanol–water partition coefficient (Wildman–Crippen LogP) is 1.23. The molecule has 2 heterocycles. The monoisotopic (exact) mass is 235 g/mol. The van der Waals surface area contributed by atoms with Crippen LogP contribution in [0.3, 0.4) is 0 Å². The smallest absolute Gasteiger partial charge is 0.151 e. The molecule has 0 aliphatic carbocycles. The molecule has 5 heteroatoms. The molecule has 1 aromatic carbocycles. The zero-order valence-electron chi connectivity index (χ0n) is 9.37. The maximum absolute atomic E-state index is 13.5. The number of hydrogen-bond donors (Lipinski definition) is 2. The topological polar surface area (TPSA) is 49.9 Å². The van der Waals surface area contributed by atoms with E-state index in [9.17, 15) is 4.39 Å². The van der Waals surface area contributed by atoms with Gasteiger partial charge in [0.1, 0.15) is 11.3 Å². The van der Waals surface area contributed by atoms with Crippen molar-refractivity contribution in [2.45, 2.75) is 12.5 Å². The first-order chi connectivity index (χ1) is 8.33. The van der Waals surface area contributed by atoms with E-state index in [1.165, 1.54) is 6.07 Å². The summed E-state index contributed by atoms with van der Waals surface area (Å²) in [5.74, 6) is 0.492. The zero-order chi connectivity index (χ0) is 11.7. The van der Waals surface area contributed by atoms with Gasteiger partial charge < -0.3 is 15.0 Å². The highest BCUT2D eigenvalue weighted by molar-refractivity contribution is 5.75. The average Bonchev–Trinajstić information content (AvgIpc) is 2.74. The lowest BCUT2D eigenvalue weighted by molar-refractivity contribution is 0.0282. The summed E-state index contributed by atoms with van der Waals surface area (Å²) < 4.78 is 19.0. The van der Waals surface area contributed by atoms with E-state index < -0.39 is 0 Å². The van der Waals surface area contributed by atoms with Gasteiger partial charge in [0, 0.05) is 19.5 Å². The van der Waals surface area contributed by atoms with Gasteiger partial charge >= 0.3 is 0 Å². The molecule has 1 atom stereocenters. The third kappa shape index (κ3) is 2.16. The van der Waals surface area contributed by atoms with Gasteiger partial charge in [0.2, 0.25) is 0 Å². The number of benzene rings is 1. The molecule has 0 spiro atoms. The molecule has 0 bridgehead atoms.